The fourth-order valence-corrected chi connectivity index (χ4v) is 3.56. The van der Waals surface area contributed by atoms with E-state index in [0.717, 1.165) is 11.1 Å². The molecule has 2 rings (SSSR count). The molecule has 0 spiro atoms. The van der Waals surface area contributed by atoms with Crippen LogP contribution < -0.4 is 10.6 Å². The van der Waals surface area contributed by atoms with Crippen molar-refractivity contribution in [2.24, 2.45) is 0 Å². The Morgan fingerprint density at radius 3 is 2.24 bits per heavy atom. The van der Waals surface area contributed by atoms with Gasteiger partial charge in [0.2, 0.25) is 5.91 Å². The Balaban J connectivity index is 2.35. The minimum absolute atomic E-state index is 0.366. The summed E-state index contributed by atoms with van der Waals surface area (Å²) < 4.78 is 5.19. The maximum atomic E-state index is 13.4. The average molecular weight is 490 g/mol. The van der Waals surface area contributed by atoms with Crippen molar-refractivity contribution < 1.29 is 24.2 Å². The Kier molecular flexibility index (Phi) is 9.06. The molecule has 0 aliphatic heterocycles. The van der Waals surface area contributed by atoms with Gasteiger partial charge in [-0.25, -0.2) is 4.79 Å². The molecule has 0 saturated carbocycles. The van der Waals surface area contributed by atoms with E-state index in [0.29, 0.717) is 16.3 Å². The van der Waals surface area contributed by atoms with Gasteiger partial charge in [-0.3, -0.25) is 9.59 Å². The number of nitrogens with one attached hydrogen (secondary N) is 2. The van der Waals surface area contributed by atoms with E-state index in [-0.39, 0.29) is 0 Å². The van der Waals surface area contributed by atoms with Gasteiger partial charge >= 0.3 is 6.09 Å². The third-order valence-corrected chi connectivity index (χ3v) is 5.33. The largest absolute Gasteiger partial charge is 0.444 e. The molecule has 2 aromatic rings. The highest BCUT2D eigenvalue weighted by Gasteiger charge is 2.34. The summed E-state index contributed by atoms with van der Waals surface area (Å²) in [5.41, 5.74) is 1.96. The van der Waals surface area contributed by atoms with Crippen molar-refractivity contribution in [1.82, 2.24) is 10.2 Å². The monoisotopic (exact) mass is 489 g/mol. The lowest BCUT2D eigenvalue weighted by atomic mass is 10.0. The number of para-hydroxylation sites is 1. The van der Waals surface area contributed by atoms with Gasteiger partial charge in [-0.2, -0.15) is 0 Å². The number of aliphatic hydroxyl groups is 1. The van der Waals surface area contributed by atoms with Crippen LogP contribution in [0.25, 0.3) is 0 Å². The summed E-state index contributed by atoms with van der Waals surface area (Å²) in [4.78, 5) is 40.0. The third kappa shape index (κ3) is 7.20. The zero-order valence-electron chi connectivity index (χ0n) is 20.3. The van der Waals surface area contributed by atoms with Gasteiger partial charge in [0.15, 0.2) is 0 Å². The number of carbonyl (C=O) groups excluding carboxylic acids is 3. The Hall–Kier alpha value is -3.10. The fraction of sp³-hybridized carbons (Fsp3) is 0.400. The number of aryl methyl sites for hydroxylation is 2. The number of hydrogen-bond acceptors (Lipinski definition) is 5. The zero-order valence-corrected chi connectivity index (χ0v) is 21.1. The molecule has 8 nitrogen and oxygen atoms in total. The van der Waals surface area contributed by atoms with Gasteiger partial charge in [0.1, 0.15) is 17.7 Å². The highest BCUT2D eigenvalue weighted by Crippen LogP contribution is 2.28. The second-order valence-electron chi connectivity index (χ2n) is 9.06. The van der Waals surface area contributed by atoms with E-state index >= 15 is 0 Å². The van der Waals surface area contributed by atoms with E-state index < -0.39 is 42.2 Å². The Morgan fingerprint density at radius 1 is 1.09 bits per heavy atom. The summed E-state index contributed by atoms with van der Waals surface area (Å²) in [5.74, 6) is -1.16. The van der Waals surface area contributed by atoms with E-state index in [2.05, 4.69) is 10.6 Å². The number of likely N-dealkylation sites (N-methyl/N-ethyl adjacent to an activating group) is 1. The minimum Gasteiger partial charge on any atom is -0.444 e. The SMILES string of the molecule is Cc1ccc(C(C(=O)Nc2c(C)cccc2Cl)N(C)C(=O)C(CO)NC(=O)OC(C)(C)C)cc1. The number of hydrogen-bond donors (Lipinski definition) is 3. The van der Waals surface area contributed by atoms with Gasteiger partial charge in [-0.15, -0.1) is 0 Å². The summed E-state index contributed by atoms with van der Waals surface area (Å²) in [5, 5.41) is 15.3. The van der Waals surface area contributed by atoms with Crippen molar-refractivity contribution >= 4 is 35.2 Å². The number of alkyl carbamates (subject to hydrolysis) is 1. The van der Waals surface area contributed by atoms with Crippen molar-refractivity contribution in [3.63, 3.8) is 0 Å². The molecule has 3 N–H and O–H groups in total. The Morgan fingerprint density at radius 2 is 1.71 bits per heavy atom. The number of anilines is 1. The van der Waals surface area contributed by atoms with Crippen LogP contribution in [0.5, 0.6) is 0 Å². The highest BCUT2D eigenvalue weighted by molar-refractivity contribution is 6.34. The van der Waals surface area contributed by atoms with Crippen molar-refractivity contribution in [3.05, 3.63) is 64.2 Å². The highest BCUT2D eigenvalue weighted by atomic mass is 35.5. The lowest BCUT2D eigenvalue weighted by molar-refractivity contribution is -0.139. The van der Waals surface area contributed by atoms with Crippen LogP contribution in [0, 0.1) is 13.8 Å². The molecule has 0 bridgehead atoms. The fourth-order valence-electron chi connectivity index (χ4n) is 3.29. The molecule has 0 heterocycles. The first-order valence-electron chi connectivity index (χ1n) is 10.8. The van der Waals surface area contributed by atoms with Crippen LogP contribution in [0.15, 0.2) is 42.5 Å². The first kappa shape index (κ1) is 27.1. The summed E-state index contributed by atoms with van der Waals surface area (Å²) in [7, 11) is 1.44. The summed E-state index contributed by atoms with van der Waals surface area (Å²) in [6.45, 7) is 8.10. The number of benzene rings is 2. The average Bonchev–Trinajstić information content (AvgIpc) is 2.74. The molecule has 0 fully saturated rings. The second kappa shape index (κ2) is 11.4. The summed E-state index contributed by atoms with van der Waals surface area (Å²) >= 11 is 6.28. The van der Waals surface area contributed by atoms with E-state index in [9.17, 15) is 19.5 Å². The Labute approximate surface area is 205 Å². The minimum atomic E-state index is -1.30. The number of ether oxygens (including phenoxy) is 1. The van der Waals surface area contributed by atoms with Gasteiger partial charge < -0.3 is 25.4 Å². The van der Waals surface area contributed by atoms with Crippen LogP contribution in [-0.4, -0.2) is 53.2 Å². The first-order chi connectivity index (χ1) is 15.8. The molecule has 2 aromatic carbocycles. The van der Waals surface area contributed by atoms with Crippen molar-refractivity contribution in [2.45, 2.75) is 52.3 Å². The van der Waals surface area contributed by atoms with Gasteiger partial charge in [0, 0.05) is 7.05 Å². The standard InChI is InChI=1S/C25H32ClN3O5/c1-15-10-12-17(13-11-15)21(22(31)28-20-16(2)8-7-9-18(20)26)29(6)23(32)19(14-30)27-24(33)34-25(3,4)5/h7-13,19,21,30H,14H2,1-6H3,(H,27,33)(H,28,31). The van der Waals surface area contributed by atoms with Gasteiger partial charge in [-0.05, 0) is 51.8 Å². The summed E-state index contributed by atoms with van der Waals surface area (Å²) in [6, 6.07) is 10.0. The second-order valence-corrected chi connectivity index (χ2v) is 9.47. The molecular weight excluding hydrogens is 458 g/mol. The molecule has 2 atom stereocenters. The number of amides is 3. The van der Waals surface area contributed by atoms with Crippen LogP contribution >= 0.6 is 11.6 Å². The molecule has 0 saturated heterocycles. The molecule has 9 heteroatoms. The van der Waals surface area contributed by atoms with Crippen molar-refractivity contribution in [1.29, 1.82) is 0 Å². The number of aliphatic hydroxyl groups excluding tert-OH is 1. The van der Waals surface area contributed by atoms with Crippen molar-refractivity contribution in [2.75, 3.05) is 19.0 Å². The molecule has 2 unspecified atom stereocenters. The van der Waals surface area contributed by atoms with Crippen molar-refractivity contribution in [3.8, 4) is 0 Å². The predicted octanol–water partition coefficient (Wildman–Crippen LogP) is 3.98. The quantitative estimate of drug-likeness (QED) is 0.545. The van der Waals surface area contributed by atoms with Crippen LogP contribution in [0.1, 0.15) is 43.5 Å². The third-order valence-electron chi connectivity index (χ3n) is 5.02. The zero-order chi connectivity index (χ0) is 25.6. The van der Waals surface area contributed by atoms with Crippen LogP contribution in [0.2, 0.25) is 5.02 Å². The lowest BCUT2D eigenvalue weighted by Gasteiger charge is -2.31. The van der Waals surface area contributed by atoms with Gasteiger partial charge in [-0.1, -0.05) is 53.6 Å². The van der Waals surface area contributed by atoms with E-state index in [4.69, 9.17) is 16.3 Å². The first-order valence-corrected chi connectivity index (χ1v) is 11.2. The molecule has 3 amide bonds. The smallest absolute Gasteiger partial charge is 0.408 e. The van der Waals surface area contributed by atoms with E-state index in [1.54, 1.807) is 45.0 Å². The van der Waals surface area contributed by atoms with Gasteiger partial charge in [0.25, 0.3) is 5.91 Å². The van der Waals surface area contributed by atoms with Gasteiger partial charge in [0.05, 0.1) is 17.3 Å². The number of rotatable bonds is 7. The van der Waals surface area contributed by atoms with E-state index in [1.165, 1.54) is 11.9 Å². The summed E-state index contributed by atoms with van der Waals surface area (Å²) in [6.07, 6.45) is -0.851. The molecule has 34 heavy (non-hydrogen) atoms. The molecule has 0 aliphatic carbocycles. The van der Waals surface area contributed by atoms with E-state index in [1.807, 2.05) is 32.0 Å². The number of halogens is 1. The number of carbonyl (C=O) groups is 3. The molecular formula is C25H32ClN3O5. The molecule has 0 aliphatic rings. The molecule has 0 radical (unpaired) electrons. The molecule has 0 aromatic heterocycles. The molecule has 184 valence electrons. The maximum absolute atomic E-state index is 13.4. The lowest BCUT2D eigenvalue weighted by Crippen LogP contribution is -2.52. The van der Waals surface area contributed by atoms with Crippen LogP contribution in [0.4, 0.5) is 10.5 Å². The van der Waals surface area contributed by atoms with Crippen LogP contribution in [-0.2, 0) is 14.3 Å². The van der Waals surface area contributed by atoms with Crippen LogP contribution in [0.3, 0.4) is 0 Å². The predicted molar refractivity (Wildman–Crippen MR) is 132 cm³/mol. The normalized spacial score (nSPS) is 12.9. The maximum Gasteiger partial charge on any atom is 0.408 e. The number of nitrogens with zero attached hydrogens (tertiary/aromatic N) is 1. The Bertz CT molecular complexity index is 1010. The topological polar surface area (TPSA) is 108 Å².